The fourth-order valence-electron chi connectivity index (χ4n) is 2.98. The summed E-state index contributed by atoms with van der Waals surface area (Å²) in [4.78, 5) is 25.9. The maximum Gasteiger partial charge on any atom is 0.282 e. The number of anilines is 1. The van der Waals surface area contributed by atoms with Crippen LogP contribution in [0.2, 0.25) is 0 Å². The zero-order valence-electron chi connectivity index (χ0n) is 16.2. The van der Waals surface area contributed by atoms with Crippen molar-refractivity contribution in [2.75, 3.05) is 11.9 Å². The Kier molecular flexibility index (Phi) is 5.79. The van der Waals surface area contributed by atoms with E-state index >= 15 is 0 Å². The van der Waals surface area contributed by atoms with E-state index in [1.165, 1.54) is 10.8 Å². The molecule has 0 saturated heterocycles. The van der Waals surface area contributed by atoms with Gasteiger partial charge < -0.3 is 10.1 Å². The third-order valence-corrected chi connectivity index (χ3v) is 4.40. The van der Waals surface area contributed by atoms with Gasteiger partial charge in [-0.3, -0.25) is 14.3 Å². The molecule has 1 N–H and O–H groups in total. The molecular formula is C22H23N3O3. The van der Waals surface area contributed by atoms with Gasteiger partial charge in [-0.1, -0.05) is 36.4 Å². The monoisotopic (exact) mass is 377 g/mol. The molecule has 0 spiro atoms. The number of carbonyl (C=O) groups excluding carboxylic acids is 1. The van der Waals surface area contributed by atoms with E-state index in [9.17, 15) is 9.59 Å². The molecule has 6 heteroatoms. The van der Waals surface area contributed by atoms with Gasteiger partial charge in [0.05, 0.1) is 12.3 Å². The lowest BCUT2D eigenvalue weighted by atomic mass is 10.1. The van der Waals surface area contributed by atoms with Crippen molar-refractivity contribution in [1.82, 2.24) is 9.36 Å². The lowest BCUT2D eigenvalue weighted by Crippen LogP contribution is -2.22. The molecule has 0 saturated carbocycles. The van der Waals surface area contributed by atoms with E-state index in [1.807, 2.05) is 67.6 Å². The van der Waals surface area contributed by atoms with Crippen LogP contribution in [0.4, 0.5) is 5.69 Å². The number of nitrogens with zero attached hydrogens (tertiary/aromatic N) is 2. The highest BCUT2D eigenvalue weighted by atomic mass is 16.5. The normalized spacial score (nSPS) is 11.3. The van der Waals surface area contributed by atoms with Crippen LogP contribution < -0.4 is 10.9 Å². The summed E-state index contributed by atoms with van der Waals surface area (Å²) in [5.41, 5.74) is 1.85. The topological polar surface area (TPSA) is 65.3 Å². The first-order valence-corrected chi connectivity index (χ1v) is 9.07. The summed E-state index contributed by atoms with van der Waals surface area (Å²) >= 11 is 0. The molecule has 2 aromatic carbocycles. The van der Waals surface area contributed by atoms with Crippen molar-refractivity contribution in [2.24, 2.45) is 7.05 Å². The Morgan fingerprint density at radius 2 is 1.68 bits per heavy atom. The molecule has 1 aromatic heterocycles. The summed E-state index contributed by atoms with van der Waals surface area (Å²) in [6.07, 6.45) is 1.33. The summed E-state index contributed by atoms with van der Waals surface area (Å²) in [6.45, 7) is 3.98. The number of ether oxygens (including phenoxy) is 1. The Morgan fingerprint density at radius 3 is 2.29 bits per heavy atom. The predicted molar refractivity (Wildman–Crippen MR) is 110 cm³/mol. The quantitative estimate of drug-likeness (QED) is 0.388. The van der Waals surface area contributed by atoms with Crippen molar-refractivity contribution >= 4 is 11.5 Å². The molecule has 0 amide bonds. The van der Waals surface area contributed by atoms with Crippen LogP contribution in [0.15, 0.2) is 77.4 Å². The molecule has 3 rings (SSSR count). The Bertz CT molecular complexity index is 1050. The number of hydrogen-bond acceptors (Lipinski definition) is 4. The van der Waals surface area contributed by atoms with Gasteiger partial charge in [-0.2, -0.15) is 0 Å². The van der Waals surface area contributed by atoms with Gasteiger partial charge in [0.15, 0.2) is 11.7 Å². The second-order valence-electron chi connectivity index (χ2n) is 6.23. The van der Waals surface area contributed by atoms with Crippen LogP contribution >= 0.6 is 0 Å². The van der Waals surface area contributed by atoms with E-state index in [0.717, 1.165) is 5.69 Å². The molecular weight excluding hydrogens is 354 g/mol. The second-order valence-corrected chi connectivity index (χ2v) is 6.23. The largest absolute Gasteiger partial charge is 0.479 e. The number of nitrogens with one attached hydrogen (secondary N) is 1. The lowest BCUT2D eigenvalue weighted by Gasteiger charge is -2.11. The fourth-order valence-corrected chi connectivity index (χ4v) is 2.98. The van der Waals surface area contributed by atoms with Crippen LogP contribution in [0.5, 0.6) is 0 Å². The second kappa shape index (κ2) is 8.43. The van der Waals surface area contributed by atoms with Gasteiger partial charge in [-0.15, -0.1) is 0 Å². The number of benzene rings is 2. The van der Waals surface area contributed by atoms with Crippen molar-refractivity contribution < 1.29 is 9.53 Å². The van der Waals surface area contributed by atoms with Crippen molar-refractivity contribution in [2.45, 2.75) is 13.8 Å². The SMILES string of the molecule is CCO/C(=C/C(=O)c1c(C)n(C)n(-c2ccccc2)c1=O)Nc1ccccc1. The Morgan fingerprint density at radius 1 is 1.07 bits per heavy atom. The van der Waals surface area contributed by atoms with Gasteiger partial charge in [-0.25, -0.2) is 4.68 Å². The van der Waals surface area contributed by atoms with Gasteiger partial charge in [-0.05, 0) is 38.1 Å². The Labute approximate surface area is 163 Å². The Hall–Kier alpha value is -3.54. The van der Waals surface area contributed by atoms with Crippen LogP contribution in [0.3, 0.4) is 0 Å². The van der Waals surface area contributed by atoms with Crippen molar-refractivity contribution in [3.8, 4) is 5.69 Å². The smallest absolute Gasteiger partial charge is 0.282 e. The molecule has 0 unspecified atom stereocenters. The molecule has 0 aliphatic rings. The number of aromatic nitrogens is 2. The molecule has 144 valence electrons. The lowest BCUT2D eigenvalue weighted by molar-refractivity contribution is 0.103. The first kappa shape index (κ1) is 19.2. The van der Waals surface area contributed by atoms with Gasteiger partial charge >= 0.3 is 0 Å². The van der Waals surface area contributed by atoms with Crippen molar-refractivity contribution in [1.29, 1.82) is 0 Å². The maximum absolute atomic E-state index is 13.0. The van der Waals surface area contributed by atoms with Gasteiger partial charge in [0.1, 0.15) is 5.56 Å². The zero-order valence-corrected chi connectivity index (χ0v) is 16.2. The standard InChI is InChI=1S/C22H23N3O3/c1-4-28-20(23-17-11-7-5-8-12-17)15-19(26)21-16(2)24(3)25(22(21)27)18-13-9-6-10-14-18/h5-15,23H,4H2,1-3H3/b20-15+. The minimum absolute atomic E-state index is 0.124. The summed E-state index contributed by atoms with van der Waals surface area (Å²) in [6, 6.07) is 18.6. The van der Waals surface area contributed by atoms with Crippen LogP contribution in [0, 0.1) is 6.92 Å². The van der Waals surface area contributed by atoms with Crippen LogP contribution in [-0.4, -0.2) is 21.8 Å². The summed E-state index contributed by atoms with van der Waals surface area (Å²) in [5, 5.41) is 3.08. The molecule has 0 aliphatic carbocycles. The van der Waals surface area contributed by atoms with E-state index in [2.05, 4.69) is 5.32 Å². The van der Waals surface area contributed by atoms with E-state index in [1.54, 1.807) is 18.7 Å². The van der Waals surface area contributed by atoms with Crippen LogP contribution in [-0.2, 0) is 11.8 Å². The molecule has 0 atom stereocenters. The average molecular weight is 377 g/mol. The average Bonchev–Trinajstić information content (AvgIpc) is 2.92. The zero-order chi connectivity index (χ0) is 20.1. The highest BCUT2D eigenvalue weighted by Crippen LogP contribution is 2.14. The molecule has 28 heavy (non-hydrogen) atoms. The van der Waals surface area contributed by atoms with Crippen molar-refractivity contribution in [3.05, 3.63) is 94.2 Å². The molecule has 3 aromatic rings. The fraction of sp³-hybridized carbons (Fsp3) is 0.182. The number of hydrogen-bond donors (Lipinski definition) is 1. The van der Waals surface area contributed by atoms with Crippen molar-refractivity contribution in [3.63, 3.8) is 0 Å². The van der Waals surface area contributed by atoms with E-state index < -0.39 is 5.78 Å². The minimum atomic E-state index is -0.403. The summed E-state index contributed by atoms with van der Waals surface area (Å²) in [5.74, 6) is -0.104. The Balaban J connectivity index is 1.99. The van der Waals surface area contributed by atoms with E-state index in [0.29, 0.717) is 23.9 Å². The third kappa shape index (κ3) is 3.91. The summed E-state index contributed by atoms with van der Waals surface area (Å²) < 4.78 is 8.72. The van der Waals surface area contributed by atoms with E-state index in [4.69, 9.17) is 4.74 Å². The molecule has 6 nitrogen and oxygen atoms in total. The van der Waals surface area contributed by atoms with Crippen LogP contribution in [0.1, 0.15) is 23.0 Å². The van der Waals surface area contributed by atoms with Crippen LogP contribution in [0.25, 0.3) is 5.69 Å². The minimum Gasteiger partial charge on any atom is -0.479 e. The number of para-hydroxylation sites is 2. The molecule has 0 radical (unpaired) electrons. The number of rotatable bonds is 7. The predicted octanol–water partition coefficient (Wildman–Crippen LogP) is 3.66. The van der Waals surface area contributed by atoms with Gasteiger partial charge in [0.2, 0.25) is 0 Å². The molecule has 0 bridgehead atoms. The number of allylic oxidation sites excluding steroid dienone is 1. The van der Waals surface area contributed by atoms with Gasteiger partial charge in [0, 0.05) is 24.5 Å². The summed E-state index contributed by atoms with van der Waals surface area (Å²) in [7, 11) is 1.76. The first-order chi connectivity index (χ1) is 13.5. The molecule has 0 aliphatic heterocycles. The number of ketones is 1. The molecule has 0 fully saturated rings. The highest BCUT2D eigenvalue weighted by Gasteiger charge is 2.21. The highest BCUT2D eigenvalue weighted by molar-refractivity contribution is 6.05. The first-order valence-electron chi connectivity index (χ1n) is 9.07. The molecule has 1 heterocycles. The maximum atomic E-state index is 13.0. The third-order valence-electron chi connectivity index (χ3n) is 4.40. The van der Waals surface area contributed by atoms with E-state index in [-0.39, 0.29) is 11.1 Å². The van der Waals surface area contributed by atoms with Gasteiger partial charge in [0.25, 0.3) is 5.56 Å². The number of carbonyl (C=O) groups is 1.